The molecule has 5 heteroatoms. The first kappa shape index (κ1) is 36.2. The summed E-state index contributed by atoms with van der Waals surface area (Å²) in [7, 11) is 3.45. The van der Waals surface area contributed by atoms with Crippen LogP contribution >= 0.6 is 11.7 Å². The fourth-order valence-corrected chi connectivity index (χ4v) is 9.19. The molecular weight excluding hydrogens is 693 g/mol. The number of methoxy groups -OCH3 is 2. The van der Waals surface area contributed by atoms with Gasteiger partial charge in [-0.1, -0.05) is 85.0 Å². The van der Waals surface area contributed by atoms with Gasteiger partial charge in [0.15, 0.2) is 0 Å². The van der Waals surface area contributed by atoms with E-state index < -0.39 is 0 Å². The second kappa shape index (κ2) is 14.1. The van der Waals surface area contributed by atoms with E-state index in [0.717, 1.165) is 55.9 Å². The van der Waals surface area contributed by atoms with Gasteiger partial charge in [0, 0.05) is 22.3 Å². The van der Waals surface area contributed by atoms with Crippen LogP contribution in [0.1, 0.15) is 66.8 Å². The second-order valence-corrected chi connectivity index (χ2v) is 15.4. The molecule has 15 aliphatic rings. The number of hydrogen-bond acceptors (Lipinski definition) is 5. The number of hydrogen-bond donors (Lipinski definition) is 0. The van der Waals surface area contributed by atoms with Crippen molar-refractivity contribution in [3.63, 3.8) is 0 Å². The average molecular weight is 739 g/mol. The van der Waals surface area contributed by atoms with Crippen LogP contribution in [0.2, 0.25) is 0 Å². The highest BCUT2D eigenvalue weighted by Gasteiger charge is 2.22. The summed E-state index contributed by atoms with van der Waals surface area (Å²) >= 11 is 1.29. The maximum atomic E-state index is 5.93. The number of aromatic nitrogens is 2. The Labute approximate surface area is 329 Å². The van der Waals surface area contributed by atoms with Crippen molar-refractivity contribution in [2.24, 2.45) is 0 Å². The number of nitrogens with zero attached hydrogens (tertiary/aromatic N) is 2. The molecule has 0 amide bonds. The Morgan fingerprint density at radius 2 is 0.836 bits per heavy atom. The van der Waals surface area contributed by atoms with Gasteiger partial charge in [0.05, 0.1) is 25.9 Å². The van der Waals surface area contributed by atoms with Gasteiger partial charge in [0.1, 0.15) is 22.5 Å². The van der Waals surface area contributed by atoms with Gasteiger partial charge in [-0.05, 0) is 157 Å². The fourth-order valence-electron chi connectivity index (χ4n) is 8.62. The van der Waals surface area contributed by atoms with E-state index in [-0.39, 0.29) is 0 Å². The number of benzene rings is 6. The minimum atomic E-state index is 0.790. The Hall–Kier alpha value is -5.78. The lowest BCUT2D eigenvalue weighted by Crippen LogP contribution is -2.01. The topological polar surface area (TPSA) is 44.2 Å². The van der Waals surface area contributed by atoms with Crippen LogP contribution in [0, 0.1) is 55.4 Å². The third-order valence-corrected chi connectivity index (χ3v) is 12.7. The third kappa shape index (κ3) is 5.98. The summed E-state index contributed by atoms with van der Waals surface area (Å²) in [6.07, 6.45) is 8.60. The first-order valence-electron chi connectivity index (χ1n) is 18.8. The van der Waals surface area contributed by atoms with Crippen LogP contribution in [0.15, 0.2) is 72.8 Å². The lowest BCUT2D eigenvalue weighted by atomic mass is 9.82. The maximum absolute atomic E-state index is 5.93. The molecule has 0 N–H and O–H groups in total. The van der Waals surface area contributed by atoms with E-state index in [1.165, 1.54) is 89.6 Å². The van der Waals surface area contributed by atoms with E-state index >= 15 is 0 Å². The van der Waals surface area contributed by atoms with E-state index in [0.29, 0.717) is 0 Å². The summed E-state index contributed by atoms with van der Waals surface area (Å²) in [5.41, 5.74) is 25.9. The molecule has 0 aliphatic heterocycles. The molecule has 12 bridgehead atoms. The van der Waals surface area contributed by atoms with Crippen LogP contribution in [0.4, 0.5) is 0 Å². The van der Waals surface area contributed by atoms with Crippen molar-refractivity contribution in [2.45, 2.75) is 55.4 Å². The van der Waals surface area contributed by atoms with Gasteiger partial charge in [0.2, 0.25) is 0 Å². The average Bonchev–Trinajstić information content (AvgIpc) is 3.70. The van der Waals surface area contributed by atoms with Crippen molar-refractivity contribution in [3.05, 3.63) is 140 Å². The molecule has 0 unspecified atom stereocenters. The molecule has 4 nitrogen and oxygen atoms in total. The standard InChI is InChI=1S/C50H46N2O2S/c1-27-29(3)46-30(4)28(2)41(27)22-21-40-26-44(53-9)39(25-45(40)54-10)16-13-35-11-14-37(15-12-35)47-31(5)33(7)48(34(8)32(47)6)43-24-23-42(49-50(43)52-55-51-49)36-17-19-38(46)20-18-36/h11-26H,1-10H3. The summed E-state index contributed by atoms with van der Waals surface area (Å²) in [6.45, 7) is 17.9. The number of rotatable bonds is 2. The van der Waals surface area contributed by atoms with E-state index in [1.54, 1.807) is 14.2 Å². The summed E-state index contributed by atoms with van der Waals surface area (Å²) in [6, 6.07) is 26.4. The van der Waals surface area contributed by atoms with Gasteiger partial charge in [-0.15, -0.1) is 0 Å². The summed E-state index contributed by atoms with van der Waals surface area (Å²) < 4.78 is 21.6. The largest absolute Gasteiger partial charge is 0.496 e. The molecule has 0 spiro atoms. The lowest BCUT2D eigenvalue weighted by Gasteiger charge is -2.22. The smallest absolute Gasteiger partial charge is 0.126 e. The molecule has 6 aromatic carbocycles. The molecule has 1 aromatic heterocycles. The highest BCUT2D eigenvalue weighted by Crippen LogP contribution is 2.44. The highest BCUT2D eigenvalue weighted by molar-refractivity contribution is 7.00. The molecule has 0 atom stereocenters. The van der Waals surface area contributed by atoms with Gasteiger partial charge >= 0.3 is 0 Å². The predicted octanol–water partition coefficient (Wildman–Crippen LogP) is 13.5. The van der Waals surface area contributed by atoms with Crippen LogP contribution in [-0.2, 0) is 0 Å². The van der Waals surface area contributed by atoms with E-state index in [2.05, 4.69) is 152 Å². The van der Waals surface area contributed by atoms with E-state index in [4.69, 9.17) is 18.2 Å². The number of ether oxygens (including phenoxy) is 2. The molecule has 22 rings (SSSR count). The van der Waals surface area contributed by atoms with Crippen molar-refractivity contribution >= 4 is 47.1 Å². The normalized spacial score (nSPS) is 12.0. The third-order valence-electron chi connectivity index (χ3n) is 12.1. The summed E-state index contributed by atoms with van der Waals surface area (Å²) in [5, 5.41) is 0. The zero-order chi connectivity index (χ0) is 38.7. The Morgan fingerprint density at radius 3 is 1.36 bits per heavy atom. The van der Waals surface area contributed by atoms with Gasteiger partial charge in [-0.3, -0.25) is 0 Å². The van der Waals surface area contributed by atoms with Crippen LogP contribution in [0.25, 0.3) is 79.8 Å². The SMILES string of the molecule is COc1cc2c(OC)cc1C=Cc1ccc(cc1)-c1c(C)c(C)c(c(C)c1C)-c1ccc(c3nsnc13)-c1ccc(cc1)-c1c(C)c(C)c(c(C)c1C)C=C2. The molecule has 274 valence electrons. The molecule has 0 saturated carbocycles. The molecule has 0 saturated heterocycles. The summed E-state index contributed by atoms with van der Waals surface area (Å²) in [5.74, 6) is 1.58. The van der Waals surface area contributed by atoms with Crippen molar-refractivity contribution < 1.29 is 9.47 Å². The van der Waals surface area contributed by atoms with Gasteiger partial charge in [-0.25, -0.2) is 0 Å². The van der Waals surface area contributed by atoms with Crippen molar-refractivity contribution in [3.8, 4) is 56.0 Å². The molecule has 0 radical (unpaired) electrons. The van der Waals surface area contributed by atoms with Gasteiger partial charge < -0.3 is 9.47 Å². The molecule has 1 heterocycles. The minimum absolute atomic E-state index is 0.790. The lowest BCUT2D eigenvalue weighted by molar-refractivity contribution is 0.401. The second-order valence-electron chi connectivity index (χ2n) is 14.9. The van der Waals surface area contributed by atoms with Crippen LogP contribution in [0.5, 0.6) is 11.5 Å². The Balaban J connectivity index is 1.36. The fraction of sp³-hybridized carbons (Fsp3) is 0.200. The van der Waals surface area contributed by atoms with Crippen LogP contribution in [0.3, 0.4) is 0 Å². The Kier molecular flexibility index (Phi) is 9.30. The summed E-state index contributed by atoms with van der Waals surface area (Å²) in [4.78, 5) is 0. The monoisotopic (exact) mass is 738 g/mol. The van der Waals surface area contributed by atoms with Gasteiger partial charge in [-0.2, -0.15) is 8.75 Å². The molecular formula is C50H46N2O2S. The first-order valence-corrected chi connectivity index (χ1v) is 19.5. The van der Waals surface area contributed by atoms with Gasteiger partial charge in [0.25, 0.3) is 0 Å². The van der Waals surface area contributed by atoms with E-state index in [1.807, 2.05) is 0 Å². The molecule has 15 aliphatic carbocycles. The predicted molar refractivity (Wildman–Crippen MR) is 234 cm³/mol. The minimum Gasteiger partial charge on any atom is -0.496 e. The highest BCUT2D eigenvalue weighted by atomic mass is 32.1. The molecule has 55 heavy (non-hydrogen) atoms. The van der Waals surface area contributed by atoms with Crippen LogP contribution < -0.4 is 9.47 Å². The van der Waals surface area contributed by atoms with Crippen molar-refractivity contribution in [1.82, 2.24) is 8.75 Å². The van der Waals surface area contributed by atoms with Crippen LogP contribution in [-0.4, -0.2) is 23.0 Å². The Morgan fingerprint density at radius 1 is 0.418 bits per heavy atom. The first-order chi connectivity index (χ1) is 26.5. The van der Waals surface area contributed by atoms with Crippen molar-refractivity contribution in [1.29, 1.82) is 0 Å². The molecule has 0 fully saturated rings. The quantitative estimate of drug-likeness (QED) is 0.177. The zero-order valence-corrected chi connectivity index (χ0v) is 34.2. The maximum Gasteiger partial charge on any atom is 0.126 e. The van der Waals surface area contributed by atoms with E-state index in [9.17, 15) is 0 Å². The Bertz CT molecular complexity index is 2670. The zero-order valence-electron chi connectivity index (χ0n) is 33.4. The molecule has 7 aromatic rings. The van der Waals surface area contributed by atoms with Crippen molar-refractivity contribution in [2.75, 3.05) is 14.2 Å².